The van der Waals surface area contributed by atoms with E-state index in [0.717, 1.165) is 14.7 Å². The second-order valence-corrected chi connectivity index (χ2v) is 7.77. The SMILES string of the molecule is CC(C)(C)c1ccccc1O[C@@H](Cc1ccc(I)cc1)C(=O)O. The van der Waals surface area contributed by atoms with Crippen LogP contribution in [0.1, 0.15) is 31.9 Å². The van der Waals surface area contributed by atoms with Gasteiger partial charge < -0.3 is 9.84 Å². The first kappa shape index (κ1) is 17.8. The summed E-state index contributed by atoms with van der Waals surface area (Å²) < 4.78 is 6.99. The Hall–Kier alpha value is -1.56. The molecule has 0 aliphatic rings. The molecular formula is C19H21IO3. The van der Waals surface area contributed by atoms with E-state index in [2.05, 4.69) is 43.4 Å². The minimum absolute atomic E-state index is 0.109. The predicted molar refractivity (Wildman–Crippen MR) is 100 cm³/mol. The molecule has 0 aromatic heterocycles. The monoisotopic (exact) mass is 424 g/mol. The minimum Gasteiger partial charge on any atom is -0.478 e. The molecule has 0 aliphatic carbocycles. The smallest absolute Gasteiger partial charge is 0.345 e. The topological polar surface area (TPSA) is 46.5 Å². The van der Waals surface area contributed by atoms with E-state index in [1.54, 1.807) is 0 Å². The van der Waals surface area contributed by atoms with Crippen molar-refractivity contribution >= 4 is 28.6 Å². The van der Waals surface area contributed by atoms with Crippen molar-refractivity contribution in [3.63, 3.8) is 0 Å². The van der Waals surface area contributed by atoms with Crippen molar-refractivity contribution in [2.24, 2.45) is 0 Å². The molecule has 122 valence electrons. The number of rotatable bonds is 5. The van der Waals surface area contributed by atoms with Crippen molar-refractivity contribution in [2.45, 2.75) is 38.7 Å². The van der Waals surface area contributed by atoms with Crippen molar-refractivity contribution in [1.29, 1.82) is 0 Å². The van der Waals surface area contributed by atoms with Crippen LogP contribution in [0.4, 0.5) is 0 Å². The fourth-order valence-electron chi connectivity index (χ4n) is 2.36. The molecule has 23 heavy (non-hydrogen) atoms. The Kier molecular flexibility index (Phi) is 5.68. The summed E-state index contributed by atoms with van der Waals surface area (Å²) >= 11 is 2.23. The molecule has 0 spiro atoms. The molecule has 0 saturated heterocycles. The van der Waals surface area contributed by atoms with Crippen LogP contribution in [0.5, 0.6) is 5.75 Å². The maximum absolute atomic E-state index is 11.6. The van der Waals surface area contributed by atoms with Gasteiger partial charge in [-0.25, -0.2) is 4.79 Å². The van der Waals surface area contributed by atoms with Gasteiger partial charge in [-0.05, 0) is 57.3 Å². The molecule has 2 aromatic rings. The van der Waals surface area contributed by atoms with Crippen LogP contribution in [0.25, 0.3) is 0 Å². The molecule has 0 unspecified atom stereocenters. The molecule has 1 N–H and O–H groups in total. The van der Waals surface area contributed by atoms with E-state index >= 15 is 0 Å². The van der Waals surface area contributed by atoms with Gasteiger partial charge in [0.2, 0.25) is 0 Å². The number of para-hydroxylation sites is 1. The lowest BCUT2D eigenvalue weighted by Gasteiger charge is -2.24. The van der Waals surface area contributed by atoms with Gasteiger partial charge in [0.1, 0.15) is 5.75 Å². The lowest BCUT2D eigenvalue weighted by atomic mass is 9.86. The highest BCUT2D eigenvalue weighted by Crippen LogP contribution is 2.31. The normalized spacial score (nSPS) is 12.7. The highest BCUT2D eigenvalue weighted by Gasteiger charge is 2.24. The largest absolute Gasteiger partial charge is 0.478 e. The Balaban J connectivity index is 2.24. The summed E-state index contributed by atoms with van der Waals surface area (Å²) in [5.74, 6) is -0.315. The van der Waals surface area contributed by atoms with Gasteiger partial charge >= 0.3 is 5.97 Å². The van der Waals surface area contributed by atoms with Gasteiger partial charge in [-0.3, -0.25) is 0 Å². The molecule has 3 nitrogen and oxygen atoms in total. The standard InChI is InChI=1S/C19H21IO3/c1-19(2,3)15-6-4-5-7-16(15)23-17(18(21)22)12-13-8-10-14(20)11-9-13/h4-11,17H,12H2,1-3H3,(H,21,22)/t17-/m0/s1. The summed E-state index contributed by atoms with van der Waals surface area (Å²) in [7, 11) is 0. The van der Waals surface area contributed by atoms with Crippen LogP contribution in [0.15, 0.2) is 48.5 Å². The van der Waals surface area contributed by atoms with Crippen molar-refractivity contribution in [3.05, 3.63) is 63.2 Å². The number of carboxylic acid groups (broad SMARTS) is 1. The molecule has 4 heteroatoms. The van der Waals surface area contributed by atoms with E-state index in [9.17, 15) is 9.90 Å². The van der Waals surface area contributed by atoms with Gasteiger partial charge in [0.05, 0.1) is 0 Å². The zero-order valence-corrected chi connectivity index (χ0v) is 15.7. The van der Waals surface area contributed by atoms with E-state index < -0.39 is 12.1 Å². The molecule has 0 amide bonds. The van der Waals surface area contributed by atoms with Gasteiger partial charge in [0.15, 0.2) is 6.10 Å². The molecular weight excluding hydrogens is 403 g/mol. The lowest BCUT2D eigenvalue weighted by molar-refractivity contribution is -0.145. The van der Waals surface area contributed by atoms with Crippen LogP contribution in [0.3, 0.4) is 0 Å². The van der Waals surface area contributed by atoms with Crippen molar-refractivity contribution in [3.8, 4) is 5.75 Å². The van der Waals surface area contributed by atoms with Crippen LogP contribution >= 0.6 is 22.6 Å². The number of halogens is 1. The highest BCUT2D eigenvalue weighted by molar-refractivity contribution is 14.1. The van der Waals surface area contributed by atoms with Crippen molar-refractivity contribution < 1.29 is 14.6 Å². The summed E-state index contributed by atoms with van der Waals surface area (Å²) in [4.78, 5) is 11.6. The number of benzene rings is 2. The zero-order chi connectivity index (χ0) is 17.0. The zero-order valence-electron chi connectivity index (χ0n) is 13.5. The number of carboxylic acids is 1. The molecule has 2 rings (SSSR count). The fourth-order valence-corrected chi connectivity index (χ4v) is 2.72. The molecule has 0 heterocycles. The quantitative estimate of drug-likeness (QED) is 0.711. The average Bonchev–Trinajstić information content (AvgIpc) is 2.48. The van der Waals surface area contributed by atoms with E-state index in [1.165, 1.54) is 0 Å². The second kappa shape index (κ2) is 7.34. The predicted octanol–water partition coefficient (Wildman–Crippen LogP) is 4.66. The number of hydrogen-bond acceptors (Lipinski definition) is 2. The van der Waals surface area contributed by atoms with E-state index in [-0.39, 0.29) is 5.41 Å². The number of ether oxygens (including phenoxy) is 1. The molecule has 0 radical (unpaired) electrons. The van der Waals surface area contributed by atoms with Crippen LogP contribution in [-0.4, -0.2) is 17.2 Å². The maximum atomic E-state index is 11.6. The van der Waals surface area contributed by atoms with Crippen molar-refractivity contribution in [1.82, 2.24) is 0 Å². The van der Waals surface area contributed by atoms with E-state index in [4.69, 9.17) is 4.74 Å². The van der Waals surface area contributed by atoms with Crippen LogP contribution < -0.4 is 4.74 Å². The summed E-state index contributed by atoms with van der Waals surface area (Å²) in [6, 6.07) is 15.5. The lowest BCUT2D eigenvalue weighted by Crippen LogP contribution is -2.30. The molecule has 1 atom stereocenters. The second-order valence-electron chi connectivity index (χ2n) is 6.52. The first-order chi connectivity index (χ1) is 10.8. The van der Waals surface area contributed by atoms with Crippen LogP contribution in [0.2, 0.25) is 0 Å². The van der Waals surface area contributed by atoms with Crippen LogP contribution in [0, 0.1) is 3.57 Å². The Morgan fingerprint density at radius 2 is 1.74 bits per heavy atom. The Morgan fingerprint density at radius 3 is 2.30 bits per heavy atom. The van der Waals surface area contributed by atoms with Gasteiger partial charge in [-0.1, -0.05) is 51.1 Å². The molecule has 0 fully saturated rings. The van der Waals surface area contributed by atoms with E-state index in [0.29, 0.717) is 12.2 Å². The summed E-state index contributed by atoms with van der Waals surface area (Å²) in [6.07, 6.45) is -0.566. The van der Waals surface area contributed by atoms with Crippen molar-refractivity contribution in [2.75, 3.05) is 0 Å². The molecule has 0 saturated carbocycles. The third-order valence-electron chi connectivity index (χ3n) is 3.57. The van der Waals surface area contributed by atoms with Gasteiger partial charge in [0.25, 0.3) is 0 Å². The fraction of sp³-hybridized carbons (Fsp3) is 0.316. The van der Waals surface area contributed by atoms with Crippen LogP contribution in [-0.2, 0) is 16.6 Å². The maximum Gasteiger partial charge on any atom is 0.345 e. The summed E-state index contributed by atoms with van der Waals surface area (Å²) in [5, 5.41) is 9.52. The molecule has 0 bridgehead atoms. The van der Waals surface area contributed by atoms with E-state index in [1.807, 2.05) is 48.5 Å². The number of carbonyl (C=O) groups is 1. The average molecular weight is 424 g/mol. The molecule has 2 aromatic carbocycles. The van der Waals surface area contributed by atoms with Gasteiger partial charge in [-0.15, -0.1) is 0 Å². The molecule has 0 aliphatic heterocycles. The number of hydrogen-bond donors (Lipinski definition) is 1. The highest BCUT2D eigenvalue weighted by atomic mass is 127. The summed E-state index contributed by atoms with van der Waals surface area (Å²) in [6.45, 7) is 6.26. The summed E-state index contributed by atoms with van der Waals surface area (Å²) in [5.41, 5.74) is 1.85. The Morgan fingerprint density at radius 1 is 1.13 bits per heavy atom. The first-order valence-corrected chi connectivity index (χ1v) is 8.58. The Bertz CT molecular complexity index is 672. The number of aliphatic carboxylic acids is 1. The van der Waals surface area contributed by atoms with Gasteiger partial charge in [0, 0.05) is 9.99 Å². The first-order valence-electron chi connectivity index (χ1n) is 7.51. The minimum atomic E-state index is -0.952. The third kappa shape index (κ3) is 4.96. The Labute approximate surface area is 150 Å². The van der Waals surface area contributed by atoms with Gasteiger partial charge in [-0.2, -0.15) is 0 Å². The third-order valence-corrected chi connectivity index (χ3v) is 4.29.